The van der Waals surface area contributed by atoms with Gasteiger partial charge in [-0.2, -0.15) is 0 Å². The van der Waals surface area contributed by atoms with Crippen molar-refractivity contribution >= 4 is 0 Å². The van der Waals surface area contributed by atoms with Gasteiger partial charge >= 0.3 is 0 Å². The largest absolute Gasteiger partial charge is 0.344 e. The Bertz CT molecular complexity index is 298. The Balaban J connectivity index is 0.00000225. The Kier molecular flexibility index (Phi) is 5.74. The van der Waals surface area contributed by atoms with E-state index in [0.29, 0.717) is 17.8 Å². The van der Waals surface area contributed by atoms with Crippen LogP contribution in [0.1, 0.15) is 76.0 Å². The van der Waals surface area contributed by atoms with Crippen molar-refractivity contribution in [3.05, 3.63) is 34.9 Å². The minimum absolute atomic E-state index is 0. The van der Waals surface area contributed by atoms with Crippen LogP contribution in [0, 0.1) is 0 Å². The topological polar surface area (TPSA) is 35.0 Å². The maximum atomic E-state index is 2.30. The first-order chi connectivity index (χ1) is 6.95. The Morgan fingerprint density at radius 2 is 1.06 bits per heavy atom. The fourth-order valence-corrected chi connectivity index (χ4v) is 2.28. The van der Waals surface area contributed by atoms with Gasteiger partial charge in [-0.25, -0.2) is 0 Å². The molecule has 0 unspecified atom stereocenters. The SMILES string of the molecule is CC(C)c1cccc(C(C)C)c1C(C)C.N. The van der Waals surface area contributed by atoms with Crippen LogP contribution >= 0.6 is 0 Å². The predicted molar refractivity (Wildman–Crippen MR) is 73.7 cm³/mol. The van der Waals surface area contributed by atoms with Crippen molar-refractivity contribution in [3.8, 4) is 0 Å². The van der Waals surface area contributed by atoms with Gasteiger partial charge < -0.3 is 6.15 Å². The van der Waals surface area contributed by atoms with Crippen molar-refractivity contribution < 1.29 is 0 Å². The zero-order valence-electron chi connectivity index (χ0n) is 11.7. The van der Waals surface area contributed by atoms with E-state index in [1.807, 2.05) is 0 Å². The zero-order chi connectivity index (χ0) is 11.6. The molecule has 0 amide bonds. The van der Waals surface area contributed by atoms with Crippen LogP contribution in [-0.2, 0) is 0 Å². The van der Waals surface area contributed by atoms with Crippen molar-refractivity contribution in [1.82, 2.24) is 6.15 Å². The minimum Gasteiger partial charge on any atom is -0.344 e. The molecule has 1 nitrogen and oxygen atoms in total. The molecule has 0 spiro atoms. The van der Waals surface area contributed by atoms with Crippen LogP contribution in [-0.4, -0.2) is 0 Å². The summed E-state index contributed by atoms with van der Waals surface area (Å²) >= 11 is 0. The maximum absolute atomic E-state index is 2.30. The standard InChI is InChI=1S/C15H24.H3N/c1-10(2)13-8-7-9-14(11(3)4)15(13)12(5)6;/h7-12H,1-6H3;1H3. The van der Waals surface area contributed by atoms with Crippen LogP contribution in [0.15, 0.2) is 18.2 Å². The number of hydrogen-bond acceptors (Lipinski definition) is 1. The molecule has 0 saturated carbocycles. The summed E-state index contributed by atoms with van der Waals surface area (Å²) in [5.41, 5.74) is 4.62. The van der Waals surface area contributed by atoms with Gasteiger partial charge in [-0.05, 0) is 34.4 Å². The number of rotatable bonds is 3. The monoisotopic (exact) mass is 221 g/mol. The molecule has 0 aliphatic carbocycles. The molecule has 0 aliphatic heterocycles. The first-order valence-corrected chi connectivity index (χ1v) is 6.07. The molecule has 0 heterocycles. The van der Waals surface area contributed by atoms with E-state index in [9.17, 15) is 0 Å². The van der Waals surface area contributed by atoms with Gasteiger partial charge in [-0.1, -0.05) is 59.7 Å². The summed E-state index contributed by atoms with van der Waals surface area (Å²) < 4.78 is 0. The average Bonchev–Trinajstić information content (AvgIpc) is 2.16. The molecule has 3 N–H and O–H groups in total. The van der Waals surface area contributed by atoms with Gasteiger partial charge in [0.15, 0.2) is 0 Å². The number of benzene rings is 1. The van der Waals surface area contributed by atoms with Crippen LogP contribution < -0.4 is 6.15 Å². The zero-order valence-corrected chi connectivity index (χ0v) is 11.7. The molecular formula is C15H27N. The molecule has 0 saturated heterocycles. The van der Waals surface area contributed by atoms with Crippen molar-refractivity contribution in [2.24, 2.45) is 0 Å². The molecule has 0 radical (unpaired) electrons. The molecule has 1 aromatic carbocycles. The maximum Gasteiger partial charge on any atom is -0.0213 e. The van der Waals surface area contributed by atoms with Gasteiger partial charge in [0.2, 0.25) is 0 Å². The Morgan fingerprint density at radius 1 is 0.688 bits per heavy atom. The second-order valence-electron chi connectivity index (χ2n) is 5.31. The van der Waals surface area contributed by atoms with Crippen LogP contribution in [0.25, 0.3) is 0 Å². The Hall–Kier alpha value is -0.820. The van der Waals surface area contributed by atoms with Gasteiger partial charge in [0.05, 0.1) is 0 Å². The van der Waals surface area contributed by atoms with Gasteiger partial charge in [0, 0.05) is 0 Å². The third-order valence-corrected chi connectivity index (χ3v) is 2.99. The summed E-state index contributed by atoms with van der Waals surface area (Å²) in [6.45, 7) is 13.7. The lowest BCUT2D eigenvalue weighted by atomic mass is 9.83. The second kappa shape index (κ2) is 6.05. The Labute approximate surface area is 101 Å². The summed E-state index contributed by atoms with van der Waals surface area (Å²) in [6, 6.07) is 6.77. The quantitative estimate of drug-likeness (QED) is 0.746. The van der Waals surface area contributed by atoms with Crippen LogP contribution in [0.2, 0.25) is 0 Å². The van der Waals surface area contributed by atoms with Crippen LogP contribution in [0.5, 0.6) is 0 Å². The van der Waals surface area contributed by atoms with E-state index in [-0.39, 0.29) is 6.15 Å². The average molecular weight is 221 g/mol. The molecule has 1 rings (SSSR count). The van der Waals surface area contributed by atoms with Crippen LogP contribution in [0.3, 0.4) is 0 Å². The van der Waals surface area contributed by atoms with Crippen molar-refractivity contribution in [2.45, 2.75) is 59.3 Å². The fourth-order valence-electron chi connectivity index (χ4n) is 2.28. The highest BCUT2D eigenvalue weighted by molar-refractivity contribution is 5.40. The van der Waals surface area contributed by atoms with E-state index in [1.165, 1.54) is 11.1 Å². The van der Waals surface area contributed by atoms with E-state index in [2.05, 4.69) is 59.7 Å². The molecular weight excluding hydrogens is 194 g/mol. The van der Waals surface area contributed by atoms with Crippen molar-refractivity contribution in [1.29, 1.82) is 0 Å². The lowest BCUT2D eigenvalue weighted by Gasteiger charge is -2.22. The molecule has 16 heavy (non-hydrogen) atoms. The van der Waals surface area contributed by atoms with Gasteiger partial charge in [0.25, 0.3) is 0 Å². The summed E-state index contributed by atoms with van der Waals surface area (Å²) in [7, 11) is 0. The molecule has 0 bridgehead atoms. The van der Waals surface area contributed by atoms with E-state index in [0.717, 1.165) is 0 Å². The van der Waals surface area contributed by atoms with Gasteiger partial charge in [-0.15, -0.1) is 0 Å². The molecule has 0 aliphatic rings. The smallest absolute Gasteiger partial charge is 0.0213 e. The molecule has 0 fully saturated rings. The third-order valence-electron chi connectivity index (χ3n) is 2.99. The van der Waals surface area contributed by atoms with Gasteiger partial charge in [0.1, 0.15) is 0 Å². The molecule has 1 heteroatoms. The number of hydrogen-bond donors (Lipinski definition) is 1. The van der Waals surface area contributed by atoms with E-state index in [1.54, 1.807) is 5.56 Å². The van der Waals surface area contributed by atoms with Crippen LogP contribution in [0.4, 0.5) is 0 Å². The summed E-state index contributed by atoms with van der Waals surface area (Å²) in [6.07, 6.45) is 0. The third kappa shape index (κ3) is 3.08. The summed E-state index contributed by atoms with van der Waals surface area (Å²) in [5.74, 6) is 1.88. The van der Waals surface area contributed by atoms with E-state index < -0.39 is 0 Å². The first kappa shape index (κ1) is 15.2. The molecule has 0 atom stereocenters. The summed E-state index contributed by atoms with van der Waals surface area (Å²) in [5, 5.41) is 0. The van der Waals surface area contributed by atoms with Crippen molar-refractivity contribution in [2.75, 3.05) is 0 Å². The molecule has 0 aromatic heterocycles. The highest BCUT2D eigenvalue weighted by Gasteiger charge is 2.15. The van der Waals surface area contributed by atoms with Crippen molar-refractivity contribution in [3.63, 3.8) is 0 Å². The lowest BCUT2D eigenvalue weighted by molar-refractivity contribution is 0.748. The highest BCUT2D eigenvalue weighted by atomic mass is 14.2. The molecule has 92 valence electrons. The lowest BCUT2D eigenvalue weighted by Crippen LogP contribution is -2.04. The normalized spacial score (nSPS) is 11.1. The van der Waals surface area contributed by atoms with E-state index >= 15 is 0 Å². The van der Waals surface area contributed by atoms with Gasteiger partial charge in [-0.3, -0.25) is 0 Å². The van der Waals surface area contributed by atoms with E-state index in [4.69, 9.17) is 0 Å². The summed E-state index contributed by atoms with van der Waals surface area (Å²) in [4.78, 5) is 0. The predicted octanol–water partition coefficient (Wildman–Crippen LogP) is 5.22. The highest BCUT2D eigenvalue weighted by Crippen LogP contribution is 2.32. The first-order valence-electron chi connectivity index (χ1n) is 6.07. The molecule has 1 aromatic rings. The minimum atomic E-state index is 0. The Morgan fingerprint density at radius 3 is 1.31 bits per heavy atom. The fraction of sp³-hybridized carbons (Fsp3) is 0.600. The second-order valence-corrected chi connectivity index (χ2v) is 5.31.